The van der Waals surface area contributed by atoms with Crippen molar-refractivity contribution in [3.05, 3.63) is 45.8 Å². The lowest BCUT2D eigenvalue weighted by atomic mass is 10.3. The largest absolute Gasteiger partial charge is 0.298 e. The molecular formula is C10H7Cl3N4. The number of halogens is 3. The van der Waals surface area contributed by atoms with Crippen LogP contribution < -0.4 is 10.9 Å². The molecule has 2 aromatic rings. The Morgan fingerprint density at radius 1 is 0.941 bits per heavy atom. The van der Waals surface area contributed by atoms with Gasteiger partial charge < -0.3 is 0 Å². The Morgan fingerprint density at radius 2 is 1.71 bits per heavy atom. The van der Waals surface area contributed by atoms with Gasteiger partial charge in [0.1, 0.15) is 0 Å². The molecule has 0 aliphatic rings. The Morgan fingerprint density at radius 3 is 2.47 bits per heavy atom. The van der Waals surface area contributed by atoms with E-state index in [0.717, 1.165) is 0 Å². The predicted molar refractivity (Wildman–Crippen MR) is 70.7 cm³/mol. The molecule has 0 spiro atoms. The van der Waals surface area contributed by atoms with Gasteiger partial charge in [0.15, 0.2) is 11.0 Å². The summed E-state index contributed by atoms with van der Waals surface area (Å²) in [6.45, 7) is 0. The van der Waals surface area contributed by atoms with Gasteiger partial charge in [-0.3, -0.25) is 10.9 Å². The smallest absolute Gasteiger partial charge is 0.182 e. The number of nitrogens with zero attached hydrogens (tertiary/aromatic N) is 2. The van der Waals surface area contributed by atoms with Crippen LogP contribution in [0, 0.1) is 0 Å². The van der Waals surface area contributed by atoms with Crippen LogP contribution >= 0.6 is 34.8 Å². The number of aromatic nitrogens is 2. The molecule has 0 saturated carbocycles. The molecule has 0 saturated heterocycles. The molecule has 2 N–H and O–H groups in total. The Bertz CT molecular complexity index is 533. The average Bonchev–Trinajstić information content (AvgIpc) is 2.33. The van der Waals surface area contributed by atoms with E-state index < -0.39 is 0 Å². The summed E-state index contributed by atoms with van der Waals surface area (Å²) in [6.07, 6.45) is 3.02. The zero-order valence-electron chi connectivity index (χ0n) is 8.42. The van der Waals surface area contributed by atoms with Gasteiger partial charge in [-0.2, -0.15) is 0 Å². The van der Waals surface area contributed by atoms with Crippen LogP contribution in [0.2, 0.25) is 15.2 Å². The number of hydrazine groups is 1. The molecule has 2 rings (SSSR count). The number of hydrogen-bond acceptors (Lipinski definition) is 4. The minimum atomic E-state index is 0.262. The zero-order valence-corrected chi connectivity index (χ0v) is 10.7. The first-order chi connectivity index (χ1) is 8.18. The lowest BCUT2D eigenvalue weighted by Gasteiger charge is -2.11. The molecule has 0 atom stereocenters. The van der Waals surface area contributed by atoms with Crippen molar-refractivity contribution in [2.45, 2.75) is 0 Å². The molecule has 0 bridgehead atoms. The van der Waals surface area contributed by atoms with Crippen molar-refractivity contribution in [3.63, 3.8) is 0 Å². The maximum absolute atomic E-state index is 6.00. The fourth-order valence-electron chi connectivity index (χ4n) is 1.13. The van der Waals surface area contributed by atoms with Crippen molar-refractivity contribution in [3.8, 4) is 0 Å². The first-order valence-corrected chi connectivity index (χ1v) is 5.74. The maximum Gasteiger partial charge on any atom is 0.182 e. The second-order valence-corrected chi connectivity index (χ2v) is 4.19. The fraction of sp³-hybridized carbons (Fsp3) is 0. The van der Waals surface area contributed by atoms with Gasteiger partial charge >= 0.3 is 0 Å². The van der Waals surface area contributed by atoms with Crippen LogP contribution in [0.4, 0.5) is 11.5 Å². The van der Waals surface area contributed by atoms with Crippen LogP contribution in [0.1, 0.15) is 0 Å². The maximum atomic E-state index is 6.00. The summed E-state index contributed by atoms with van der Waals surface area (Å²) in [6, 6.07) is 5.24. The van der Waals surface area contributed by atoms with E-state index in [2.05, 4.69) is 20.8 Å². The van der Waals surface area contributed by atoms with Crippen molar-refractivity contribution in [1.82, 2.24) is 9.97 Å². The van der Waals surface area contributed by atoms with Crippen LogP contribution in [0.25, 0.3) is 0 Å². The quantitative estimate of drug-likeness (QED) is 0.842. The van der Waals surface area contributed by atoms with Gasteiger partial charge in [-0.25, -0.2) is 9.97 Å². The molecule has 0 aliphatic heterocycles. The summed E-state index contributed by atoms with van der Waals surface area (Å²) in [5.41, 5.74) is 6.28. The highest BCUT2D eigenvalue weighted by Gasteiger charge is 2.05. The van der Waals surface area contributed by atoms with Gasteiger partial charge in [-0.05, 0) is 12.1 Å². The minimum Gasteiger partial charge on any atom is -0.298 e. The lowest BCUT2D eigenvalue weighted by molar-refractivity contribution is 1.18. The molecular weight excluding hydrogens is 282 g/mol. The summed E-state index contributed by atoms with van der Waals surface area (Å²) in [5, 5.41) is 1.14. The number of rotatable bonds is 3. The Hall–Kier alpha value is -1.23. The number of anilines is 2. The highest BCUT2D eigenvalue weighted by atomic mass is 35.5. The van der Waals surface area contributed by atoms with Crippen LogP contribution in [-0.2, 0) is 0 Å². The van der Waals surface area contributed by atoms with Crippen LogP contribution in [0.5, 0.6) is 0 Å². The zero-order chi connectivity index (χ0) is 12.3. The van der Waals surface area contributed by atoms with Gasteiger partial charge in [-0.1, -0.05) is 40.9 Å². The topological polar surface area (TPSA) is 49.8 Å². The number of benzene rings is 1. The van der Waals surface area contributed by atoms with Gasteiger partial charge in [0.25, 0.3) is 0 Å². The third-order valence-electron chi connectivity index (χ3n) is 1.92. The lowest BCUT2D eigenvalue weighted by Crippen LogP contribution is -2.11. The van der Waals surface area contributed by atoms with Crippen molar-refractivity contribution in [2.24, 2.45) is 0 Å². The van der Waals surface area contributed by atoms with Crippen molar-refractivity contribution < 1.29 is 0 Å². The average molecular weight is 290 g/mol. The highest BCUT2D eigenvalue weighted by Crippen LogP contribution is 2.29. The molecule has 7 heteroatoms. The highest BCUT2D eigenvalue weighted by molar-refractivity contribution is 6.43. The molecule has 1 heterocycles. The van der Waals surface area contributed by atoms with Crippen LogP contribution in [0.15, 0.2) is 30.6 Å². The first-order valence-electron chi connectivity index (χ1n) is 4.61. The van der Waals surface area contributed by atoms with Gasteiger partial charge in [0.2, 0.25) is 0 Å². The fourth-order valence-corrected chi connectivity index (χ4v) is 1.63. The monoisotopic (exact) mass is 288 g/mol. The molecule has 88 valence electrons. The minimum absolute atomic E-state index is 0.262. The number of nitrogens with one attached hydrogen (secondary N) is 2. The summed E-state index contributed by atoms with van der Waals surface area (Å²) >= 11 is 17.7. The molecule has 0 radical (unpaired) electrons. The number of hydrogen-bond donors (Lipinski definition) is 2. The SMILES string of the molecule is Clc1cccc(NNc2nccnc2Cl)c1Cl. The summed E-state index contributed by atoms with van der Waals surface area (Å²) < 4.78 is 0. The van der Waals surface area contributed by atoms with Gasteiger partial charge in [-0.15, -0.1) is 0 Å². The molecule has 1 aromatic heterocycles. The Balaban J connectivity index is 2.13. The summed E-state index contributed by atoms with van der Waals surface area (Å²) in [7, 11) is 0. The van der Waals surface area contributed by atoms with E-state index in [1.54, 1.807) is 18.2 Å². The van der Waals surface area contributed by atoms with Gasteiger partial charge in [0.05, 0.1) is 15.7 Å². The summed E-state index contributed by atoms with van der Waals surface area (Å²) in [5.74, 6) is 0.408. The predicted octanol–water partition coefficient (Wildman–Crippen LogP) is 3.88. The third-order valence-corrected chi connectivity index (χ3v) is 3.02. The molecule has 1 aromatic carbocycles. The van der Waals surface area contributed by atoms with E-state index in [4.69, 9.17) is 34.8 Å². The van der Waals surface area contributed by atoms with E-state index in [-0.39, 0.29) is 5.15 Å². The van der Waals surface area contributed by atoms with Crippen LogP contribution in [0.3, 0.4) is 0 Å². The molecule has 0 fully saturated rings. The summed E-state index contributed by atoms with van der Waals surface area (Å²) in [4.78, 5) is 7.87. The van der Waals surface area contributed by atoms with E-state index in [0.29, 0.717) is 21.6 Å². The molecule has 4 nitrogen and oxygen atoms in total. The second-order valence-electron chi connectivity index (χ2n) is 3.05. The van der Waals surface area contributed by atoms with E-state index >= 15 is 0 Å². The molecule has 0 aliphatic carbocycles. The Labute approximate surface area is 113 Å². The normalized spacial score (nSPS) is 10.1. The molecule has 0 unspecified atom stereocenters. The van der Waals surface area contributed by atoms with E-state index in [1.165, 1.54) is 12.4 Å². The third kappa shape index (κ3) is 2.91. The van der Waals surface area contributed by atoms with Crippen LogP contribution in [-0.4, -0.2) is 9.97 Å². The van der Waals surface area contributed by atoms with Crippen molar-refractivity contribution in [2.75, 3.05) is 10.9 Å². The van der Waals surface area contributed by atoms with E-state index in [1.807, 2.05) is 0 Å². The van der Waals surface area contributed by atoms with Crippen molar-refractivity contribution >= 4 is 46.3 Å². The van der Waals surface area contributed by atoms with E-state index in [9.17, 15) is 0 Å². The molecule has 0 amide bonds. The molecule has 17 heavy (non-hydrogen) atoms. The first kappa shape index (κ1) is 12.2. The standard InChI is InChI=1S/C10H7Cl3N4/c11-6-2-1-3-7(8(6)12)16-17-10-9(13)14-4-5-15-10/h1-5,16H,(H,15,17). The van der Waals surface area contributed by atoms with Crippen molar-refractivity contribution in [1.29, 1.82) is 0 Å². The van der Waals surface area contributed by atoms with Gasteiger partial charge in [0, 0.05) is 12.4 Å². The Kier molecular flexibility index (Phi) is 3.89. The second kappa shape index (κ2) is 5.40.